The third-order valence-electron chi connectivity index (χ3n) is 2.39. The van der Waals surface area contributed by atoms with Gasteiger partial charge in [0.15, 0.2) is 0 Å². The summed E-state index contributed by atoms with van der Waals surface area (Å²) in [7, 11) is 0. The van der Waals surface area contributed by atoms with Crippen LogP contribution in [0.3, 0.4) is 0 Å². The number of halogens is 1. The van der Waals surface area contributed by atoms with Crippen LogP contribution in [0.25, 0.3) is 0 Å². The fraction of sp³-hybridized carbons (Fsp3) is 0.167. The number of benzene rings is 1. The van der Waals surface area contributed by atoms with E-state index in [4.69, 9.17) is 5.73 Å². The molecule has 0 radical (unpaired) electrons. The van der Waals surface area contributed by atoms with Gasteiger partial charge in [0.05, 0.1) is 6.04 Å². The first-order valence-electron chi connectivity index (χ1n) is 5.25. The van der Waals surface area contributed by atoms with Crippen LogP contribution in [-0.2, 0) is 0 Å². The van der Waals surface area contributed by atoms with Crippen molar-refractivity contribution in [2.75, 3.05) is 11.1 Å². The van der Waals surface area contributed by atoms with E-state index < -0.39 is 0 Å². The van der Waals surface area contributed by atoms with Crippen LogP contribution in [-0.4, -0.2) is 9.97 Å². The molecule has 0 saturated heterocycles. The minimum absolute atomic E-state index is 0.0163. The highest BCUT2D eigenvalue weighted by Crippen LogP contribution is 2.17. The van der Waals surface area contributed by atoms with Gasteiger partial charge in [-0.1, -0.05) is 12.1 Å². The van der Waals surface area contributed by atoms with Gasteiger partial charge in [-0.2, -0.15) is 4.98 Å². The van der Waals surface area contributed by atoms with Crippen LogP contribution in [0.1, 0.15) is 18.5 Å². The zero-order valence-electron chi connectivity index (χ0n) is 9.39. The van der Waals surface area contributed by atoms with Crippen LogP contribution in [0.2, 0.25) is 0 Å². The van der Waals surface area contributed by atoms with E-state index in [2.05, 4.69) is 15.3 Å². The van der Waals surface area contributed by atoms with Crippen LogP contribution in [0, 0.1) is 5.82 Å². The first-order chi connectivity index (χ1) is 8.15. The molecule has 2 rings (SSSR count). The Balaban J connectivity index is 2.11. The van der Waals surface area contributed by atoms with E-state index >= 15 is 0 Å². The lowest BCUT2D eigenvalue weighted by atomic mass is 10.1. The molecule has 17 heavy (non-hydrogen) atoms. The number of anilines is 2. The van der Waals surface area contributed by atoms with E-state index in [1.165, 1.54) is 12.1 Å². The second-order valence-electron chi connectivity index (χ2n) is 3.72. The largest absolute Gasteiger partial charge is 0.384 e. The lowest BCUT2D eigenvalue weighted by Gasteiger charge is -2.14. The first kappa shape index (κ1) is 11.3. The molecule has 3 N–H and O–H groups in total. The summed E-state index contributed by atoms with van der Waals surface area (Å²) in [5, 5.41) is 3.09. The molecule has 0 aliphatic carbocycles. The highest BCUT2D eigenvalue weighted by Gasteiger charge is 2.06. The van der Waals surface area contributed by atoms with Gasteiger partial charge in [-0.25, -0.2) is 9.37 Å². The lowest BCUT2D eigenvalue weighted by Crippen LogP contribution is -2.10. The number of aromatic nitrogens is 2. The van der Waals surface area contributed by atoms with Crippen molar-refractivity contribution in [2.24, 2.45) is 0 Å². The van der Waals surface area contributed by atoms with Gasteiger partial charge in [-0.05, 0) is 30.7 Å². The van der Waals surface area contributed by atoms with Crippen LogP contribution in [0.4, 0.5) is 16.2 Å². The SMILES string of the molecule is CC(Nc1nccc(N)n1)c1ccc(F)cc1. The minimum Gasteiger partial charge on any atom is -0.384 e. The molecule has 0 spiro atoms. The molecule has 88 valence electrons. The maximum absolute atomic E-state index is 12.8. The molecule has 0 aliphatic heterocycles. The first-order valence-corrected chi connectivity index (χ1v) is 5.25. The van der Waals surface area contributed by atoms with E-state index in [9.17, 15) is 4.39 Å². The van der Waals surface area contributed by atoms with Gasteiger partial charge < -0.3 is 11.1 Å². The maximum atomic E-state index is 12.8. The average Bonchev–Trinajstić information content (AvgIpc) is 2.29. The van der Waals surface area contributed by atoms with Gasteiger partial charge in [0.2, 0.25) is 5.95 Å². The van der Waals surface area contributed by atoms with Gasteiger partial charge in [0.25, 0.3) is 0 Å². The Morgan fingerprint density at radius 1 is 1.24 bits per heavy atom. The third kappa shape index (κ3) is 2.90. The van der Waals surface area contributed by atoms with Gasteiger partial charge in [0, 0.05) is 6.20 Å². The predicted molar refractivity (Wildman–Crippen MR) is 64.9 cm³/mol. The lowest BCUT2D eigenvalue weighted by molar-refractivity contribution is 0.626. The van der Waals surface area contributed by atoms with E-state index in [1.54, 1.807) is 24.4 Å². The highest BCUT2D eigenvalue weighted by molar-refractivity contribution is 5.37. The van der Waals surface area contributed by atoms with Crippen molar-refractivity contribution in [1.29, 1.82) is 0 Å². The van der Waals surface area contributed by atoms with Crippen molar-refractivity contribution < 1.29 is 4.39 Å². The summed E-state index contributed by atoms with van der Waals surface area (Å²) in [5.41, 5.74) is 6.51. The van der Waals surface area contributed by atoms with Crippen LogP contribution >= 0.6 is 0 Å². The second-order valence-corrected chi connectivity index (χ2v) is 3.72. The molecule has 1 atom stereocenters. The Kier molecular flexibility index (Phi) is 3.18. The summed E-state index contributed by atoms with van der Waals surface area (Å²) < 4.78 is 12.8. The molecule has 0 fully saturated rings. The van der Waals surface area contributed by atoms with Gasteiger partial charge in [-0.3, -0.25) is 0 Å². The zero-order valence-corrected chi connectivity index (χ0v) is 9.39. The summed E-state index contributed by atoms with van der Waals surface area (Å²) in [6.45, 7) is 1.94. The Hall–Kier alpha value is -2.17. The van der Waals surface area contributed by atoms with Crippen LogP contribution < -0.4 is 11.1 Å². The molecular weight excluding hydrogens is 219 g/mol. The molecule has 5 heteroatoms. The van der Waals surface area contributed by atoms with Crippen molar-refractivity contribution in [2.45, 2.75) is 13.0 Å². The van der Waals surface area contributed by atoms with Crippen molar-refractivity contribution in [3.8, 4) is 0 Å². The predicted octanol–water partition coefficient (Wildman–Crippen LogP) is 2.37. The number of rotatable bonds is 3. The van der Waals surface area contributed by atoms with Gasteiger partial charge >= 0.3 is 0 Å². The minimum atomic E-state index is -0.249. The Labute approximate surface area is 98.7 Å². The number of nitrogen functional groups attached to an aromatic ring is 1. The Morgan fingerprint density at radius 2 is 1.94 bits per heavy atom. The fourth-order valence-corrected chi connectivity index (χ4v) is 1.47. The highest BCUT2D eigenvalue weighted by atomic mass is 19.1. The number of nitrogens with zero attached hydrogens (tertiary/aromatic N) is 2. The van der Waals surface area contributed by atoms with Crippen molar-refractivity contribution >= 4 is 11.8 Å². The monoisotopic (exact) mass is 232 g/mol. The average molecular weight is 232 g/mol. The quantitative estimate of drug-likeness (QED) is 0.852. The molecular formula is C12H13FN4. The molecule has 0 saturated carbocycles. The smallest absolute Gasteiger partial charge is 0.225 e. The zero-order chi connectivity index (χ0) is 12.3. The van der Waals surface area contributed by atoms with Crippen molar-refractivity contribution in [1.82, 2.24) is 9.97 Å². The molecule has 4 nitrogen and oxygen atoms in total. The summed E-state index contributed by atoms with van der Waals surface area (Å²) in [5.74, 6) is 0.622. The van der Waals surface area contributed by atoms with Crippen LogP contribution in [0.5, 0.6) is 0 Å². The number of nitrogens with one attached hydrogen (secondary N) is 1. The third-order valence-corrected chi connectivity index (χ3v) is 2.39. The van der Waals surface area contributed by atoms with Gasteiger partial charge in [0.1, 0.15) is 11.6 Å². The van der Waals surface area contributed by atoms with Crippen molar-refractivity contribution in [3.63, 3.8) is 0 Å². The fourth-order valence-electron chi connectivity index (χ4n) is 1.47. The maximum Gasteiger partial charge on any atom is 0.225 e. The van der Waals surface area contributed by atoms with E-state index in [0.717, 1.165) is 5.56 Å². The normalized spacial score (nSPS) is 12.1. The van der Waals surface area contributed by atoms with Gasteiger partial charge in [-0.15, -0.1) is 0 Å². The van der Waals surface area contributed by atoms with E-state index in [0.29, 0.717) is 11.8 Å². The molecule has 0 bridgehead atoms. The molecule has 1 heterocycles. The second kappa shape index (κ2) is 4.78. The standard InChI is InChI=1S/C12H13FN4/c1-8(9-2-4-10(13)5-3-9)16-12-15-7-6-11(14)17-12/h2-8H,1H3,(H3,14,15,16,17). The molecule has 0 aliphatic rings. The van der Waals surface area contributed by atoms with E-state index in [-0.39, 0.29) is 11.9 Å². The van der Waals surface area contributed by atoms with E-state index in [1.807, 2.05) is 6.92 Å². The molecule has 2 aromatic rings. The Bertz CT molecular complexity index is 498. The summed E-state index contributed by atoms with van der Waals surface area (Å²) in [6.07, 6.45) is 1.59. The number of hydrogen-bond donors (Lipinski definition) is 2. The molecule has 1 aromatic carbocycles. The number of nitrogens with two attached hydrogens (primary N) is 1. The van der Waals surface area contributed by atoms with Crippen LogP contribution in [0.15, 0.2) is 36.5 Å². The summed E-state index contributed by atoms with van der Waals surface area (Å²) in [4.78, 5) is 8.08. The topological polar surface area (TPSA) is 63.8 Å². The molecule has 1 unspecified atom stereocenters. The molecule has 0 amide bonds. The number of hydrogen-bond acceptors (Lipinski definition) is 4. The van der Waals surface area contributed by atoms with Crippen molar-refractivity contribution in [3.05, 3.63) is 47.9 Å². The molecule has 1 aromatic heterocycles. The summed E-state index contributed by atoms with van der Waals surface area (Å²) in [6, 6.07) is 7.89. The Morgan fingerprint density at radius 3 is 2.59 bits per heavy atom. The summed E-state index contributed by atoms with van der Waals surface area (Å²) >= 11 is 0.